The fourth-order valence-corrected chi connectivity index (χ4v) is 4.38. The van der Waals surface area contributed by atoms with E-state index in [0.29, 0.717) is 39.5 Å². The maximum atomic E-state index is 13.2. The molecule has 0 saturated heterocycles. The molecule has 0 bridgehead atoms. The highest BCUT2D eigenvalue weighted by Gasteiger charge is 2.26. The Hall–Kier alpha value is -1.66. The van der Waals surface area contributed by atoms with E-state index in [1.807, 2.05) is 6.07 Å². The quantitative estimate of drug-likeness (QED) is 0.595. The van der Waals surface area contributed by atoms with Crippen LogP contribution in [0.15, 0.2) is 35.5 Å². The number of aliphatic hydroxyl groups excluding tert-OH is 1. The van der Waals surface area contributed by atoms with Crippen molar-refractivity contribution in [2.45, 2.75) is 44.2 Å². The minimum absolute atomic E-state index is 0.218. The number of aromatic nitrogens is 3. The summed E-state index contributed by atoms with van der Waals surface area (Å²) in [5.74, 6) is 0. The summed E-state index contributed by atoms with van der Waals surface area (Å²) in [6, 6.07) is 5.02. The first-order valence-corrected chi connectivity index (χ1v) is 10.3. The number of fused-ring (bicyclic) bond motifs is 1. The van der Waals surface area contributed by atoms with E-state index in [1.54, 1.807) is 18.3 Å². The molecule has 2 unspecified atom stereocenters. The fraction of sp³-hybridized carbons (Fsp3) is 0.350. The van der Waals surface area contributed by atoms with E-state index in [-0.39, 0.29) is 16.6 Å². The number of halogens is 3. The van der Waals surface area contributed by atoms with Crippen molar-refractivity contribution in [3.63, 3.8) is 0 Å². The van der Waals surface area contributed by atoms with Gasteiger partial charge in [-0.25, -0.2) is 9.97 Å². The Balaban J connectivity index is 1.81. The average Bonchev–Trinajstić information content (AvgIpc) is 2.69. The maximum absolute atomic E-state index is 13.2. The predicted molar refractivity (Wildman–Crippen MR) is 112 cm³/mol. The Morgan fingerprint density at radius 3 is 2.61 bits per heavy atom. The molecule has 28 heavy (non-hydrogen) atoms. The molecule has 2 atom stereocenters. The smallest absolute Gasteiger partial charge is 0.261 e. The van der Waals surface area contributed by atoms with Gasteiger partial charge in [0.1, 0.15) is 5.15 Å². The molecule has 3 aromatic rings. The summed E-state index contributed by atoms with van der Waals surface area (Å²) in [6.45, 7) is 0. The molecule has 0 amide bonds. The van der Waals surface area contributed by atoms with Gasteiger partial charge in [-0.05, 0) is 36.1 Å². The molecular weight excluding hydrogens is 421 g/mol. The van der Waals surface area contributed by atoms with E-state index in [4.69, 9.17) is 34.8 Å². The van der Waals surface area contributed by atoms with Crippen LogP contribution in [0.1, 0.15) is 42.9 Å². The van der Waals surface area contributed by atoms with Crippen molar-refractivity contribution < 1.29 is 5.11 Å². The fourth-order valence-electron chi connectivity index (χ4n) is 3.78. The van der Waals surface area contributed by atoms with E-state index in [0.717, 1.165) is 24.8 Å². The van der Waals surface area contributed by atoms with Crippen LogP contribution in [0.4, 0.5) is 0 Å². The van der Waals surface area contributed by atoms with Crippen LogP contribution in [0.3, 0.4) is 0 Å². The summed E-state index contributed by atoms with van der Waals surface area (Å²) in [5, 5.41) is 11.8. The minimum atomic E-state index is -0.548. The number of hydrogen-bond donors (Lipinski definition) is 1. The van der Waals surface area contributed by atoms with Gasteiger partial charge in [-0.1, -0.05) is 53.7 Å². The zero-order valence-corrected chi connectivity index (χ0v) is 17.2. The first-order valence-electron chi connectivity index (χ1n) is 9.12. The Labute approximate surface area is 176 Å². The molecule has 1 fully saturated rings. The van der Waals surface area contributed by atoms with Gasteiger partial charge < -0.3 is 5.11 Å². The van der Waals surface area contributed by atoms with Gasteiger partial charge >= 0.3 is 0 Å². The zero-order chi connectivity index (χ0) is 19.8. The monoisotopic (exact) mass is 437 g/mol. The highest BCUT2D eigenvalue weighted by atomic mass is 35.5. The van der Waals surface area contributed by atoms with Gasteiger partial charge in [0.2, 0.25) is 0 Å². The predicted octanol–water partition coefficient (Wildman–Crippen LogP) is 4.82. The van der Waals surface area contributed by atoms with Crippen molar-refractivity contribution in [2.75, 3.05) is 0 Å². The molecule has 0 radical (unpaired) electrons. The first-order chi connectivity index (χ1) is 13.5. The molecule has 2 heterocycles. The largest absolute Gasteiger partial charge is 0.391 e. The summed E-state index contributed by atoms with van der Waals surface area (Å²) in [5.41, 5.74) is 1.76. The van der Waals surface area contributed by atoms with E-state index < -0.39 is 6.10 Å². The molecule has 146 valence electrons. The lowest BCUT2D eigenvalue weighted by Gasteiger charge is -2.29. The second-order valence-corrected chi connectivity index (χ2v) is 8.25. The van der Waals surface area contributed by atoms with Gasteiger partial charge in [-0.3, -0.25) is 9.36 Å². The number of benzene rings is 1. The minimum Gasteiger partial charge on any atom is -0.391 e. The van der Waals surface area contributed by atoms with Crippen LogP contribution in [0.5, 0.6) is 0 Å². The first kappa shape index (κ1) is 19.6. The second kappa shape index (κ2) is 7.99. The zero-order valence-electron chi connectivity index (χ0n) is 14.9. The lowest BCUT2D eigenvalue weighted by atomic mass is 9.92. The number of nitrogens with zero attached hydrogens (tertiary/aromatic N) is 3. The molecule has 4 rings (SSSR count). The third-order valence-corrected chi connectivity index (χ3v) is 6.39. The van der Waals surface area contributed by atoms with E-state index in [2.05, 4.69) is 9.97 Å². The van der Waals surface area contributed by atoms with Crippen molar-refractivity contribution >= 4 is 45.7 Å². The topological polar surface area (TPSA) is 68.0 Å². The van der Waals surface area contributed by atoms with Crippen molar-refractivity contribution in [2.24, 2.45) is 0 Å². The normalized spacial score (nSPS) is 19.9. The van der Waals surface area contributed by atoms with Crippen LogP contribution in [0, 0.1) is 0 Å². The van der Waals surface area contributed by atoms with Crippen LogP contribution >= 0.6 is 34.8 Å². The van der Waals surface area contributed by atoms with Gasteiger partial charge in [-0.2, -0.15) is 0 Å². The van der Waals surface area contributed by atoms with Crippen LogP contribution in [0.2, 0.25) is 15.2 Å². The molecule has 1 aliphatic carbocycles. The van der Waals surface area contributed by atoms with Crippen molar-refractivity contribution in [1.29, 1.82) is 0 Å². The maximum Gasteiger partial charge on any atom is 0.261 e. The molecule has 8 heteroatoms. The molecule has 0 spiro atoms. The Morgan fingerprint density at radius 1 is 1.11 bits per heavy atom. The number of rotatable bonds is 3. The molecule has 1 N–H and O–H groups in total. The number of hydrogen-bond acceptors (Lipinski definition) is 4. The van der Waals surface area contributed by atoms with Gasteiger partial charge in [-0.15, -0.1) is 0 Å². The van der Waals surface area contributed by atoms with Gasteiger partial charge in [0.05, 0.1) is 39.4 Å². The van der Waals surface area contributed by atoms with Gasteiger partial charge in [0, 0.05) is 12.6 Å². The van der Waals surface area contributed by atoms with Crippen LogP contribution < -0.4 is 5.56 Å². The molecule has 1 aliphatic rings. The van der Waals surface area contributed by atoms with Crippen LogP contribution in [-0.4, -0.2) is 25.7 Å². The van der Waals surface area contributed by atoms with Crippen LogP contribution in [-0.2, 0) is 6.42 Å². The van der Waals surface area contributed by atoms with Gasteiger partial charge in [0.25, 0.3) is 5.56 Å². The summed E-state index contributed by atoms with van der Waals surface area (Å²) in [7, 11) is 0. The summed E-state index contributed by atoms with van der Waals surface area (Å²) < 4.78 is 1.53. The Bertz CT molecular complexity index is 1080. The third kappa shape index (κ3) is 3.64. The summed E-state index contributed by atoms with van der Waals surface area (Å²) >= 11 is 18.7. The lowest BCUT2D eigenvalue weighted by Crippen LogP contribution is -2.34. The number of pyridine rings is 1. The van der Waals surface area contributed by atoms with E-state index >= 15 is 0 Å². The second-order valence-electron chi connectivity index (χ2n) is 7.10. The SMILES string of the molecule is O=c1c2cc(Cc3ccc(Cl)nc3)c(Cl)c(Cl)c2ncn1C1CCCCC1O. The summed E-state index contributed by atoms with van der Waals surface area (Å²) in [4.78, 5) is 21.6. The average molecular weight is 439 g/mol. The standard InChI is InChI=1S/C20H18Cl3N3O2/c21-16-6-5-11(9-24-16)7-12-8-13-19(18(23)17(12)22)25-10-26(20(13)28)14-3-1-2-4-15(14)27/h5-6,8-10,14-15,27H,1-4,7H2. The highest BCUT2D eigenvalue weighted by molar-refractivity contribution is 6.45. The Morgan fingerprint density at radius 2 is 1.89 bits per heavy atom. The van der Waals surface area contributed by atoms with Crippen molar-refractivity contribution in [1.82, 2.24) is 14.5 Å². The van der Waals surface area contributed by atoms with E-state index in [9.17, 15) is 9.90 Å². The molecular formula is C20H18Cl3N3O2. The van der Waals surface area contributed by atoms with E-state index in [1.165, 1.54) is 10.9 Å². The van der Waals surface area contributed by atoms with Crippen LogP contribution in [0.25, 0.3) is 10.9 Å². The summed E-state index contributed by atoms with van der Waals surface area (Å²) in [6.07, 6.45) is 6.42. The molecule has 2 aromatic heterocycles. The molecule has 1 saturated carbocycles. The molecule has 5 nitrogen and oxygen atoms in total. The van der Waals surface area contributed by atoms with Crippen molar-refractivity contribution in [3.8, 4) is 0 Å². The molecule has 1 aromatic carbocycles. The highest BCUT2D eigenvalue weighted by Crippen LogP contribution is 2.34. The third-order valence-electron chi connectivity index (χ3n) is 5.27. The Kier molecular flexibility index (Phi) is 5.61. The molecule has 0 aliphatic heterocycles. The van der Waals surface area contributed by atoms with Gasteiger partial charge in [0.15, 0.2) is 0 Å². The number of aliphatic hydroxyl groups is 1. The van der Waals surface area contributed by atoms with Crippen molar-refractivity contribution in [3.05, 3.63) is 67.4 Å². The lowest BCUT2D eigenvalue weighted by molar-refractivity contribution is 0.0735.